The number of amides is 1. The molecule has 0 spiro atoms. The summed E-state index contributed by atoms with van der Waals surface area (Å²) in [6.07, 6.45) is 5.34. The number of nitrogens with one attached hydrogen (secondary N) is 2. The molecule has 0 bridgehead atoms. The van der Waals surface area contributed by atoms with E-state index >= 15 is 0 Å². The number of para-hydroxylation sites is 1. The van der Waals surface area contributed by atoms with Crippen LogP contribution >= 0.6 is 0 Å². The first-order chi connectivity index (χ1) is 15.6. The minimum Gasteiger partial charge on any atom is -0.495 e. The van der Waals surface area contributed by atoms with Crippen LogP contribution in [0.15, 0.2) is 72.4 Å². The molecule has 32 heavy (non-hydrogen) atoms. The first-order valence-electron chi connectivity index (χ1n) is 10.1. The number of ether oxygens (including phenoxy) is 2. The number of hydrogen-bond donors (Lipinski definition) is 2. The maximum atomic E-state index is 12.5. The van der Waals surface area contributed by atoms with E-state index in [-0.39, 0.29) is 5.57 Å². The van der Waals surface area contributed by atoms with E-state index in [0.717, 1.165) is 12.8 Å². The summed E-state index contributed by atoms with van der Waals surface area (Å²) in [5, 5.41) is 15.1. The minimum atomic E-state index is -0.440. The van der Waals surface area contributed by atoms with E-state index in [2.05, 4.69) is 20.6 Å². The van der Waals surface area contributed by atoms with Gasteiger partial charge < -0.3 is 20.1 Å². The normalized spacial score (nSPS) is 13.1. The van der Waals surface area contributed by atoms with Crippen LogP contribution in [0.3, 0.4) is 0 Å². The Labute approximate surface area is 185 Å². The van der Waals surface area contributed by atoms with Crippen LogP contribution in [0, 0.1) is 17.2 Å². The van der Waals surface area contributed by atoms with Gasteiger partial charge in [-0.05, 0) is 49.1 Å². The number of hydrogen-bond acceptors (Lipinski definition) is 7. The Hall–Kier alpha value is -4.38. The van der Waals surface area contributed by atoms with Crippen molar-refractivity contribution in [2.45, 2.75) is 12.8 Å². The van der Waals surface area contributed by atoms with E-state index in [1.807, 2.05) is 36.4 Å². The molecule has 0 unspecified atom stereocenters. The number of nitriles is 1. The topological polar surface area (TPSA) is 109 Å². The minimum absolute atomic E-state index is 0.118. The van der Waals surface area contributed by atoms with Crippen LogP contribution in [0.4, 0.5) is 17.3 Å². The number of allylic oxidation sites excluding steroid dienone is 1. The lowest BCUT2D eigenvalue weighted by atomic mass is 10.2. The Morgan fingerprint density at radius 3 is 2.72 bits per heavy atom. The van der Waals surface area contributed by atoms with Gasteiger partial charge in [-0.3, -0.25) is 4.79 Å². The molecule has 0 saturated heterocycles. The number of nitrogens with zero attached hydrogens (tertiary/aromatic N) is 3. The van der Waals surface area contributed by atoms with Gasteiger partial charge in [-0.1, -0.05) is 24.3 Å². The smallest absolute Gasteiger partial charge is 0.265 e. The summed E-state index contributed by atoms with van der Waals surface area (Å²) in [7, 11) is 1.54. The van der Waals surface area contributed by atoms with E-state index in [4.69, 9.17) is 9.47 Å². The highest BCUT2D eigenvalue weighted by Gasteiger charge is 2.22. The van der Waals surface area contributed by atoms with E-state index in [1.54, 1.807) is 43.6 Å². The fraction of sp³-hybridized carbons (Fsp3) is 0.167. The fourth-order valence-electron chi connectivity index (χ4n) is 2.93. The maximum absolute atomic E-state index is 12.5. The zero-order chi connectivity index (χ0) is 22.3. The van der Waals surface area contributed by atoms with E-state index in [1.165, 1.54) is 0 Å². The second-order valence-corrected chi connectivity index (χ2v) is 7.16. The van der Waals surface area contributed by atoms with Gasteiger partial charge in [0, 0.05) is 18.0 Å². The highest BCUT2D eigenvalue weighted by molar-refractivity contribution is 6.06. The van der Waals surface area contributed by atoms with Crippen molar-refractivity contribution in [3.63, 3.8) is 0 Å². The molecule has 0 aliphatic heterocycles. The molecule has 8 heteroatoms. The summed E-state index contributed by atoms with van der Waals surface area (Å²) in [4.78, 5) is 21.1. The third-order valence-corrected chi connectivity index (χ3v) is 4.69. The first kappa shape index (κ1) is 20.9. The van der Waals surface area contributed by atoms with Crippen LogP contribution in [0.2, 0.25) is 0 Å². The summed E-state index contributed by atoms with van der Waals surface area (Å²) >= 11 is 0. The van der Waals surface area contributed by atoms with Gasteiger partial charge in [0.1, 0.15) is 23.1 Å². The Balaban J connectivity index is 1.51. The standard InChI is InChI=1S/C24H21N5O3/c1-31-21-10-9-18(27-23(30)17(15-25)13-16-7-8-16)14-20(21)28-24-26-12-11-22(29-24)32-19-5-3-2-4-6-19/h2-6,9-14,16H,7-8H2,1H3,(H,27,30)(H,26,28,29)/b17-13-. The predicted molar refractivity (Wildman–Crippen MR) is 120 cm³/mol. The molecule has 0 atom stereocenters. The molecule has 2 aromatic carbocycles. The third kappa shape index (κ3) is 5.40. The average Bonchev–Trinajstić information content (AvgIpc) is 3.63. The van der Waals surface area contributed by atoms with E-state index in [9.17, 15) is 10.1 Å². The Bertz CT molecular complexity index is 1180. The fourth-order valence-corrected chi connectivity index (χ4v) is 2.93. The van der Waals surface area contributed by atoms with Gasteiger partial charge in [-0.2, -0.15) is 10.2 Å². The van der Waals surface area contributed by atoms with E-state index in [0.29, 0.717) is 40.6 Å². The number of rotatable bonds is 8. The molecule has 160 valence electrons. The highest BCUT2D eigenvalue weighted by Crippen LogP contribution is 2.32. The molecule has 3 aromatic rings. The second-order valence-electron chi connectivity index (χ2n) is 7.16. The van der Waals surface area contributed by atoms with Gasteiger partial charge in [0.2, 0.25) is 11.8 Å². The van der Waals surface area contributed by atoms with Crippen molar-refractivity contribution in [2.75, 3.05) is 17.7 Å². The molecule has 1 aromatic heterocycles. The molecule has 4 rings (SSSR count). The Kier molecular flexibility index (Phi) is 6.28. The zero-order valence-corrected chi connectivity index (χ0v) is 17.4. The van der Waals surface area contributed by atoms with Crippen LogP contribution in [-0.2, 0) is 4.79 Å². The van der Waals surface area contributed by atoms with Crippen LogP contribution in [0.1, 0.15) is 12.8 Å². The molecular formula is C24H21N5O3. The van der Waals surface area contributed by atoms with Crippen molar-refractivity contribution in [1.29, 1.82) is 5.26 Å². The van der Waals surface area contributed by atoms with Crippen molar-refractivity contribution in [1.82, 2.24) is 9.97 Å². The lowest BCUT2D eigenvalue weighted by molar-refractivity contribution is -0.112. The quantitative estimate of drug-likeness (QED) is 0.392. The van der Waals surface area contributed by atoms with Gasteiger partial charge in [-0.25, -0.2) is 4.98 Å². The zero-order valence-electron chi connectivity index (χ0n) is 17.4. The molecule has 1 heterocycles. The molecule has 1 aliphatic carbocycles. The molecule has 1 saturated carbocycles. The molecule has 1 aliphatic rings. The van der Waals surface area contributed by atoms with Crippen molar-refractivity contribution < 1.29 is 14.3 Å². The number of carbonyl (C=O) groups excluding carboxylic acids is 1. The highest BCUT2D eigenvalue weighted by atomic mass is 16.5. The molecule has 1 amide bonds. The summed E-state index contributed by atoms with van der Waals surface area (Å²) < 4.78 is 11.2. The van der Waals surface area contributed by atoms with Gasteiger partial charge >= 0.3 is 0 Å². The van der Waals surface area contributed by atoms with Crippen LogP contribution < -0.4 is 20.1 Å². The summed E-state index contributed by atoms with van der Waals surface area (Å²) in [6.45, 7) is 0. The summed E-state index contributed by atoms with van der Waals surface area (Å²) in [6, 6.07) is 18.0. The molecule has 0 radical (unpaired) electrons. The third-order valence-electron chi connectivity index (χ3n) is 4.69. The lowest BCUT2D eigenvalue weighted by Crippen LogP contribution is -2.14. The number of benzene rings is 2. The monoisotopic (exact) mass is 427 g/mol. The predicted octanol–water partition coefficient (Wildman–Crippen LogP) is 4.82. The molecule has 2 N–H and O–H groups in total. The van der Waals surface area contributed by atoms with Crippen LogP contribution in [0.5, 0.6) is 17.4 Å². The number of carbonyl (C=O) groups is 1. The average molecular weight is 427 g/mol. The van der Waals surface area contributed by atoms with Gasteiger partial charge in [0.25, 0.3) is 5.91 Å². The van der Waals surface area contributed by atoms with Gasteiger partial charge in [-0.15, -0.1) is 0 Å². The Morgan fingerprint density at radius 1 is 1.19 bits per heavy atom. The van der Waals surface area contributed by atoms with E-state index < -0.39 is 5.91 Å². The Morgan fingerprint density at radius 2 is 2.00 bits per heavy atom. The van der Waals surface area contributed by atoms with Crippen LogP contribution in [0.25, 0.3) is 0 Å². The van der Waals surface area contributed by atoms with Crippen molar-refractivity contribution in [3.8, 4) is 23.4 Å². The molecule has 8 nitrogen and oxygen atoms in total. The molecular weight excluding hydrogens is 406 g/mol. The SMILES string of the molecule is COc1ccc(NC(=O)/C(C#N)=C\C2CC2)cc1Nc1nccc(Oc2ccccc2)n1. The largest absolute Gasteiger partial charge is 0.495 e. The number of anilines is 3. The van der Waals surface area contributed by atoms with Crippen LogP contribution in [-0.4, -0.2) is 23.0 Å². The van der Waals surface area contributed by atoms with Gasteiger partial charge in [0.15, 0.2) is 0 Å². The maximum Gasteiger partial charge on any atom is 0.265 e. The summed E-state index contributed by atoms with van der Waals surface area (Å²) in [5.41, 5.74) is 1.17. The van der Waals surface area contributed by atoms with Crippen molar-refractivity contribution in [3.05, 3.63) is 72.4 Å². The van der Waals surface area contributed by atoms with Crippen molar-refractivity contribution >= 4 is 23.2 Å². The second kappa shape index (κ2) is 9.62. The van der Waals surface area contributed by atoms with Crippen molar-refractivity contribution in [2.24, 2.45) is 5.92 Å². The van der Waals surface area contributed by atoms with Gasteiger partial charge in [0.05, 0.1) is 12.8 Å². The lowest BCUT2D eigenvalue weighted by Gasteiger charge is -2.13. The number of aromatic nitrogens is 2. The number of methoxy groups -OCH3 is 1. The first-order valence-corrected chi connectivity index (χ1v) is 10.1. The molecule has 1 fully saturated rings. The summed E-state index contributed by atoms with van der Waals surface area (Å²) in [5.74, 6) is 1.76.